The van der Waals surface area contributed by atoms with E-state index in [1.807, 2.05) is 19.9 Å². The summed E-state index contributed by atoms with van der Waals surface area (Å²) >= 11 is 0. The van der Waals surface area contributed by atoms with E-state index in [1.165, 1.54) is 0 Å². The molecule has 1 aliphatic rings. The van der Waals surface area contributed by atoms with Crippen molar-refractivity contribution >= 4 is 5.78 Å². The SMILES string of the molecule is Cc1cc(C)c2c(c1)C(=O)C(C#N)C2. The highest BCUT2D eigenvalue weighted by atomic mass is 16.1. The van der Waals surface area contributed by atoms with E-state index in [9.17, 15) is 4.79 Å². The zero-order chi connectivity index (χ0) is 10.3. The van der Waals surface area contributed by atoms with Gasteiger partial charge < -0.3 is 0 Å². The van der Waals surface area contributed by atoms with Crippen molar-refractivity contribution in [1.29, 1.82) is 5.26 Å². The van der Waals surface area contributed by atoms with Gasteiger partial charge in [-0.25, -0.2) is 0 Å². The van der Waals surface area contributed by atoms with Gasteiger partial charge in [0.2, 0.25) is 0 Å². The van der Waals surface area contributed by atoms with Crippen LogP contribution in [0.25, 0.3) is 0 Å². The van der Waals surface area contributed by atoms with Crippen LogP contribution in [-0.2, 0) is 6.42 Å². The van der Waals surface area contributed by atoms with Crippen LogP contribution in [0.2, 0.25) is 0 Å². The second-order valence-electron chi connectivity index (χ2n) is 3.86. The summed E-state index contributed by atoms with van der Waals surface area (Å²) in [5, 5.41) is 8.80. The van der Waals surface area contributed by atoms with Crippen LogP contribution in [-0.4, -0.2) is 5.78 Å². The molecule has 0 radical (unpaired) electrons. The van der Waals surface area contributed by atoms with Gasteiger partial charge in [0.15, 0.2) is 5.78 Å². The van der Waals surface area contributed by atoms with Crippen molar-refractivity contribution in [3.8, 4) is 6.07 Å². The third-order valence-corrected chi connectivity index (χ3v) is 2.76. The molecule has 1 unspecified atom stereocenters. The van der Waals surface area contributed by atoms with Crippen LogP contribution >= 0.6 is 0 Å². The van der Waals surface area contributed by atoms with E-state index in [1.54, 1.807) is 0 Å². The number of carbonyl (C=O) groups is 1. The highest BCUT2D eigenvalue weighted by Gasteiger charge is 2.31. The number of fused-ring (bicyclic) bond motifs is 1. The highest BCUT2D eigenvalue weighted by molar-refractivity contribution is 6.04. The fraction of sp³-hybridized carbons (Fsp3) is 0.333. The Balaban J connectivity index is 2.60. The van der Waals surface area contributed by atoms with E-state index >= 15 is 0 Å². The third kappa shape index (κ3) is 1.13. The summed E-state index contributed by atoms with van der Waals surface area (Å²) < 4.78 is 0. The Hall–Kier alpha value is -1.62. The number of hydrogen-bond acceptors (Lipinski definition) is 2. The maximum atomic E-state index is 11.7. The van der Waals surface area contributed by atoms with Gasteiger partial charge in [-0.1, -0.05) is 11.6 Å². The quantitative estimate of drug-likeness (QED) is 0.621. The second kappa shape index (κ2) is 2.95. The maximum absolute atomic E-state index is 11.7. The number of nitriles is 1. The number of ketones is 1. The fourth-order valence-corrected chi connectivity index (χ4v) is 2.08. The van der Waals surface area contributed by atoms with E-state index in [0.29, 0.717) is 6.42 Å². The molecule has 2 heteroatoms. The van der Waals surface area contributed by atoms with Crippen LogP contribution in [0.1, 0.15) is 27.0 Å². The van der Waals surface area contributed by atoms with Gasteiger partial charge >= 0.3 is 0 Å². The van der Waals surface area contributed by atoms with E-state index in [-0.39, 0.29) is 5.78 Å². The lowest BCUT2D eigenvalue weighted by atomic mass is 10.0. The molecule has 0 heterocycles. The summed E-state index contributed by atoms with van der Waals surface area (Å²) in [4.78, 5) is 11.7. The van der Waals surface area contributed by atoms with Gasteiger partial charge in [0.05, 0.1) is 6.07 Å². The van der Waals surface area contributed by atoms with Crippen molar-refractivity contribution in [2.24, 2.45) is 5.92 Å². The van der Waals surface area contributed by atoms with Crippen molar-refractivity contribution in [1.82, 2.24) is 0 Å². The van der Waals surface area contributed by atoms with Crippen LogP contribution in [0.5, 0.6) is 0 Å². The van der Waals surface area contributed by atoms with Gasteiger partial charge in [0.25, 0.3) is 0 Å². The lowest BCUT2D eigenvalue weighted by molar-refractivity contribution is 0.0963. The number of aryl methyl sites for hydroxylation is 2. The predicted molar refractivity (Wildman–Crippen MR) is 53.1 cm³/mol. The molecule has 0 saturated carbocycles. The first kappa shape index (κ1) is 8.96. The normalized spacial score (nSPS) is 19.2. The molecule has 2 nitrogen and oxygen atoms in total. The average molecular weight is 185 g/mol. The van der Waals surface area contributed by atoms with Gasteiger partial charge in [0.1, 0.15) is 5.92 Å². The zero-order valence-electron chi connectivity index (χ0n) is 8.29. The monoisotopic (exact) mass is 185 g/mol. The molecule has 14 heavy (non-hydrogen) atoms. The molecule has 1 atom stereocenters. The van der Waals surface area contributed by atoms with Crippen LogP contribution < -0.4 is 0 Å². The Morgan fingerprint density at radius 2 is 2.14 bits per heavy atom. The Labute approximate surface area is 83.2 Å². The summed E-state index contributed by atoms with van der Waals surface area (Å²) in [5.74, 6) is -0.459. The molecule has 70 valence electrons. The average Bonchev–Trinajstić information content (AvgIpc) is 2.44. The van der Waals surface area contributed by atoms with Gasteiger partial charge in [0, 0.05) is 5.56 Å². The van der Waals surface area contributed by atoms with Crippen molar-refractivity contribution in [2.75, 3.05) is 0 Å². The minimum atomic E-state index is -0.453. The first-order chi connectivity index (χ1) is 6.63. The van der Waals surface area contributed by atoms with Gasteiger partial charge in [-0.2, -0.15) is 5.26 Å². The summed E-state index contributed by atoms with van der Waals surface area (Å²) in [6.07, 6.45) is 0.594. The van der Waals surface area contributed by atoms with Crippen molar-refractivity contribution in [3.05, 3.63) is 34.4 Å². The van der Waals surface area contributed by atoms with Crippen LogP contribution in [0.3, 0.4) is 0 Å². The molecule has 0 spiro atoms. The molecule has 1 aliphatic carbocycles. The van der Waals surface area contributed by atoms with Crippen molar-refractivity contribution < 1.29 is 4.79 Å². The number of nitrogens with zero attached hydrogens (tertiary/aromatic N) is 1. The molecule has 0 N–H and O–H groups in total. The Morgan fingerprint density at radius 3 is 2.79 bits per heavy atom. The van der Waals surface area contributed by atoms with E-state index in [2.05, 4.69) is 12.1 Å². The van der Waals surface area contributed by atoms with E-state index in [0.717, 1.165) is 22.3 Å². The largest absolute Gasteiger partial charge is 0.293 e. The molecule has 0 aliphatic heterocycles. The second-order valence-corrected chi connectivity index (χ2v) is 3.86. The third-order valence-electron chi connectivity index (χ3n) is 2.76. The van der Waals surface area contributed by atoms with Crippen LogP contribution in [0.15, 0.2) is 12.1 Å². The molecular weight excluding hydrogens is 174 g/mol. The lowest BCUT2D eigenvalue weighted by Gasteiger charge is -2.03. The van der Waals surface area contributed by atoms with Gasteiger partial charge in [-0.05, 0) is 37.5 Å². The number of carbonyl (C=O) groups excluding carboxylic acids is 1. The van der Waals surface area contributed by atoms with E-state index in [4.69, 9.17) is 5.26 Å². The molecule has 0 saturated heterocycles. The molecule has 0 amide bonds. The standard InChI is InChI=1S/C12H11NO/c1-7-3-8(2)10-5-9(6-13)12(14)11(10)4-7/h3-4,9H,5H2,1-2H3. The molecule has 1 aromatic rings. The fourth-order valence-electron chi connectivity index (χ4n) is 2.08. The molecule has 0 aromatic heterocycles. The van der Waals surface area contributed by atoms with Gasteiger partial charge in [-0.15, -0.1) is 0 Å². The predicted octanol–water partition coefficient (Wildman–Crippen LogP) is 2.18. The number of benzene rings is 1. The number of Topliss-reactive ketones (excluding diaryl/α,β-unsaturated/α-hetero) is 1. The number of hydrogen-bond donors (Lipinski definition) is 0. The molecule has 1 aromatic carbocycles. The van der Waals surface area contributed by atoms with Crippen LogP contribution in [0.4, 0.5) is 0 Å². The topological polar surface area (TPSA) is 40.9 Å². The Kier molecular flexibility index (Phi) is 1.89. The maximum Gasteiger partial charge on any atom is 0.180 e. The first-order valence-corrected chi connectivity index (χ1v) is 4.67. The Bertz CT molecular complexity index is 454. The molecular formula is C12H11NO. The lowest BCUT2D eigenvalue weighted by Crippen LogP contribution is -2.05. The summed E-state index contributed by atoms with van der Waals surface area (Å²) in [5.41, 5.74) is 4.04. The van der Waals surface area contributed by atoms with Crippen LogP contribution in [0, 0.1) is 31.1 Å². The van der Waals surface area contributed by atoms with Gasteiger partial charge in [-0.3, -0.25) is 4.79 Å². The minimum absolute atomic E-state index is 0.00528. The van der Waals surface area contributed by atoms with E-state index < -0.39 is 5.92 Å². The highest BCUT2D eigenvalue weighted by Crippen LogP contribution is 2.29. The molecule has 0 bridgehead atoms. The zero-order valence-corrected chi connectivity index (χ0v) is 8.29. The smallest absolute Gasteiger partial charge is 0.180 e. The van der Waals surface area contributed by atoms with Crippen molar-refractivity contribution in [3.63, 3.8) is 0 Å². The Morgan fingerprint density at radius 1 is 1.43 bits per heavy atom. The first-order valence-electron chi connectivity index (χ1n) is 4.67. The molecule has 0 fully saturated rings. The summed E-state index contributed by atoms with van der Waals surface area (Å²) in [7, 11) is 0. The molecule has 2 rings (SSSR count). The summed E-state index contributed by atoms with van der Waals surface area (Å²) in [6.45, 7) is 3.97. The minimum Gasteiger partial charge on any atom is -0.293 e. The number of rotatable bonds is 0. The van der Waals surface area contributed by atoms with Crippen molar-refractivity contribution in [2.45, 2.75) is 20.3 Å². The summed E-state index contributed by atoms with van der Waals surface area (Å²) in [6, 6.07) is 6.01.